The quantitative estimate of drug-likeness (QED) is 0.623. The third-order valence-corrected chi connectivity index (χ3v) is 4.46. The molecule has 1 aromatic carbocycles. The lowest BCUT2D eigenvalue weighted by Crippen LogP contribution is -2.30. The molecular weight excluding hydrogens is 342 g/mol. The summed E-state index contributed by atoms with van der Waals surface area (Å²) < 4.78 is 0. The van der Waals surface area contributed by atoms with Gasteiger partial charge in [-0.2, -0.15) is 0 Å². The molecule has 4 nitrogen and oxygen atoms in total. The number of carbonyl (C=O) groups excluding carboxylic acids is 1. The number of benzene rings is 1. The van der Waals surface area contributed by atoms with Gasteiger partial charge in [-0.3, -0.25) is 14.7 Å². The third kappa shape index (κ3) is 3.53. The Labute approximate surface area is 149 Å². The predicted molar refractivity (Wildman–Crippen MR) is 98.7 cm³/mol. The van der Waals surface area contributed by atoms with Gasteiger partial charge in [0.05, 0.1) is 5.69 Å². The van der Waals surface area contributed by atoms with E-state index in [-0.39, 0.29) is 5.91 Å². The smallest absolute Gasteiger partial charge is 0.260 e. The molecule has 0 atom stereocenters. The second kappa shape index (κ2) is 7.38. The van der Waals surface area contributed by atoms with Crippen LogP contribution in [0.15, 0.2) is 66.8 Å². The van der Waals surface area contributed by atoms with Crippen LogP contribution in [-0.4, -0.2) is 22.4 Å². The molecule has 120 valence electrons. The molecule has 24 heavy (non-hydrogen) atoms. The highest BCUT2D eigenvalue weighted by molar-refractivity contribution is 7.14. The molecular formula is C18H14ClN3OS. The van der Waals surface area contributed by atoms with Crippen molar-refractivity contribution in [3.05, 3.63) is 77.4 Å². The molecule has 3 aromatic rings. The zero-order valence-corrected chi connectivity index (χ0v) is 14.3. The van der Waals surface area contributed by atoms with Crippen LogP contribution in [0.25, 0.3) is 11.3 Å². The second-order valence-electron chi connectivity index (χ2n) is 4.96. The predicted octanol–water partition coefficient (Wildman–Crippen LogP) is 4.69. The second-order valence-corrected chi connectivity index (χ2v) is 6.24. The zero-order chi connectivity index (χ0) is 16.9. The zero-order valence-electron chi connectivity index (χ0n) is 12.7. The topological polar surface area (TPSA) is 46.1 Å². The molecule has 0 bridgehead atoms. The van der Waals surface area contributed by atoms with Crippen LogP contribution in [-0.2, 0) is 0 Å². The van der Waals surface area contributed by atoms with E-state index in [4.69, 9.17) is 11.6 Å². The molecule has 0 saturated heterocycles. The molecule has 0 N–H and O–H groups in total. The lowest BCUT2D eigenvalue weighted by atomic mass is 10.2. The van der Waals surface area contributed by atoms with Crippen LogP contribution < -0.4 is 4.90 Å². The van der Waals surface area contributed by atoms with E-state index in [0.717, 1.165) is 11.3 Å². The van der Waals surface area contributed by atoms with Crippen molar-refractivity contribution in [3.63, 3.8) is 0 Å². The summed E-state index contributed by atoms with van der Waals surface area (Å²) in [6.07, 6.45) is 4.88. The molecule has 0 saturated carbocycles. The highest BCUT2D eigenvalue weighted by Gasteiger charge is 2.19. The van der Waals surface area contributed by atoms with Crippen LogP contribution in [0.1, 0.15) is 10.4 Å². The number of hydrogen-bond donors (Lipinski definition) is 0. The van der Waals surface area contributed by atoms with Gasteiger partial charge in [0.15, 0.2) is 5.13 Å². The minimum atomic E-state index is -0.130. The molecule has 0 aliphatic rings. The van der Waals surface area contributed by atoms with Crippen molar-refractivity contribution < 1.29 is 4.79 Å². The first-order valence-corrected chi connectivity index (χ1v) is 8.49. The van der Waals surface area contributed by atoms with Gasteiger partial charge in [-0.25, -0.2) is 4.98 Å². The van der Waals surface area contributed by atoms with E-state index in [1.165, 1.54) is 11.3 Å². The largest absolute Gasteiger partial charge is 0.280 e. The van der Waals surface area contributed by atoms with E-state index in [9.17, 15) is 4.79 Å². The Morgan fingerprint density at radius 1 is 1.21 bits per heavy atom. The van der Waals surface area contributed by atoms with Crippen molar-refractivity contribution in [3.8, 4) is 11.3 Å². The van der Waals surface area contributed by atoms with Crippen molar-refractivity contribution in [1.29, 1.82) is 0 Å². The fourth-order valence-electron chi connectivity index (χ4n) is 2.17. The number of carbonyl (C=O) groups is 1. The van der Waals surface area contributed by atoms with Crippen molar-refractivity contribution in [2.24, 2.45) is 0 Å². The fraction of sp³-hybridized carbons (Fsp3) is 0.0556. The maximum atomic E-state index is 12.7. The molecule has 3 rings (SSSR count). The Bertz CT molecular complexity index is 846. The maximum absolute atomic E-state index is 12.7. The molecule has 2 heterocycles. The average Bonchev–Trinajstić information content (AvgIpc) is 3.10. The van der Waals surface area contributed by atoms with Crippen LogP contribution in [0, 0.1) is 0 Å². The van der Waals surface area contributed by atoms with E-state index in [0.29, 0.717) is 22.3 Å². The normalized spacial score (nSPS) is 10.4. The summed E-state index contributed by atoms with van der Waals surface area (Å²) in [5.74, 6) is -0.130. The summed E-state index contributed by atoms with van der Waals surface area (Å²) in [5.41, 5.74) is 2.33. The number of rotatable bonds is 5. The van der Waals surface area contributed by atoms with Gasteiger partial charge in [0.2, 0.25) is 0 Å². The Morgan fingerprint density at radius 3 is 2.58 bits per heavy atom. The Hall–Kier alpha value is -2.50. The first-order valence-electron chi connectivity index (χ1n) is 7.23. The van der Waals surface area contributed by atoms with E-state index < -0.39 is 0 Å². The fourth-order valence-corrected chi connectivity index (χ4v) is 3.14. The maximum Gasteiger partial charge on any atom is 0.260 e. The average molecular weight is 356 g/mol. The lowest BCUT2D eigenvalue weighted by Gasteiger charge is -2.17. The highest BCUT2D eigenvalue weighted by Crippen LogP contribution is 2.29. The number of aromatic nitrogens is 2. The molecule has 0 fully saturated rings. The van der Waals surface area contributed by atoms with Gasteiger partial charge in [-0.15, -0.1) is 17.9 Å². The molecule has 0 spiro atoms. The van der Waals surface area contributed by atoms with E-state index in [2.05, 4.69) is 16.5 Å². The first-order chi connectivity index (χ1) is 11.7. The van der Waals surface area contributed by atoms with Crippen molar-refractivity contribution in [2.45, 2.75) is 0 Å². The van der Waals surface area contributed by atoms with Gasteiger partial charge in [0, 0.05) is 40.5 Å². The van der Waals surface area contributed by atoms with Gasteiger partial charge in [0.25, 0.3) is 5.91 Å². The van der Waals surface area contributed by atoms with Crippen molar-refractivity contribution >= 4 is 34.0 Å². The van der Waals surface area contributed by atoms with Crippen LogP contribution in [0.2, 0.25) is 5.02 Å². The van der Waals surface area contributed by atoms with E-state index in [1.54, 1.807) is 35.5 Å². The standard InChI is InChI=1S/C18H14ClN3OS/c1-2-11-22(17(23)14-7-9-20-10-8-14)18-21-16(12-24-18)13-3-5-15(19)6-4-13/h2-10,12H,1,11H2. The molecule has 0 unspecified atom stereocenters. The van der Waals surface area contributed by atoms with E-state index >= 15 is 0 Å². The molecule has 0 aliphatic heterocycles. The number of halogens is 1. The number of pyridine rings is 1. The number of nitrogens with zero attached hydrogens (tertiary/aromatic N) is 3. The van der Waals surface area contributed by atoms with Crippen LogP contribution in [0.4, 0.5) is 5.13 Å². The minimum Gasteiger partial charge on any atom is -0.280 e. The lowest BCUT2D eigenvalue weighted by molar-refractivity contribution is 0.0989. The van der Waals surface area contributed by atoms with Gasteiger partial charge in [-0.1, -0.05) is 29.8 Å². The van der Waals surface area contributed by atoms with Crippen molar-refractivity contribution in [2.75, 3.05) is 11.4 Å². The summed E-state index contributed by atoms with van der Waals surface area (Å²) in [7, 11) is 0. The van der Waals surface area contributed by atoms with Gasteiger partial charge in [0.1, 0.15) is 0 Å². The third-order valence-electron chi connectivity index (χ3n) is 3.35. The van der Waals surface area contributed by atoms with Gasteiger partial charge in [-0.05, 0) is 24.3 Å². The van der Waals surface area contributed by atoms with Crippen LogP contribution >= 0.6 is 22.9 Å². The monoisotopic (exact) mass is 355 g/mol. The molecule has 6 heteroatoms. The molecule has 0 radical (unpaired) electrons. The van der Waals surface area contributed by atoms with Crippen molar-refractivity contribution in [1.82, 2.24) is 9.97 Å². The Morgan fingerprint density at radius 2 is 1.92 bits per heavy atom. The summed E-state index contributed by atoms with van der Waals surface area (Å²) >= 11 is 7.34. The van der Waals surface area contributed by atoms with Crippen LogP contribution in [0.5, 0.6) is 0 Å². The summed E-state index contributed by atoms with van der Waals surface area (Å²) in [6.45, 7) is 4.12. The summed E-state index contributed by atoms with van der Waals surface area (Å²) in [5, 5.41) is 3.23. The Kier molecular flexibility index (Phi) is 5.03. The van der Waals surface area contributed by atoms with Gasteiger partial charge >= 0.3 is 0 Å². The highest BCUT2D eigenvalue weighted by atomic mass is 35.5. The van der Waals surface area contributed by atoms with Gasteiger partial charge < -0.3 is 0 Å². The first kappa shape index (κ1) is 16.4. The molecule has 2 aromatic heterocycles. The number of anilines is 1. The molecule has 1 amide bonds. The van der Waals surface area contributed by atoms with Crippen LogP contribution in [0.3, 0.4) is 0 Å². The SMILES string of the molecule is C=CCN(C(=O)c1ccncc1)c1nc(-c2ccc(Cl)cc2)cs1. The Balaban J connectivity index is 1.91. The number of thiazole rings is 1. The number of amides is 1. The minimum absolute atomic E-state index is 0.130. The summed E-state index contributed by atoms with van der Waals surface area (Å²) in [6, 6.07) is 10.8. The summed E-state index contributed by atoms with van der Waals surface area (Å²) in [4.78, 5) is 22.9. The molecule has 0 aliphatic carbocycles. The number of hydrogen-bond acceptors (Lipinski definition) is 4. The van der Waals surface area contributed by atoms with E-state index in [1.807, 2.05) is 29.6 Å².